The van der Waals surface area contributed by atoms with Gasteiger partial charge in [-0.25, -0.2) is 0 Å². The highest BCUT2D eigenvalue weighted by Crippen LogP contribution is 2.29. The van der Waals surface area contributed by atoms with E-state index in [-0.39, 0.29) is 0 Å². The van der Waals surface area contributed by atoms with Crippen LogP contribution in [0.5, 0.6) is 0 Å². The lowest BCUT2D eigenvalue weighted by molar-refractivity contribution is -0.120. The lowest BCUT2D eigenvalue weighted by Crippen LogP contribution is -2.36. The van der Waals surface area contributed by atoms with Gasteiger partial charge in [-0.15, -0.1) is 6.58 Å². The van der Waals surface area contributed by atoms with Crippen molar-refractivity contribution in [2.45, 2.75) is 9.83 Å². The molecule has 20 heavy (non-hydrogen) atoms. The van der Waals surface area contributed by atoms with E-state index in [1.807, 2.05) is 42.5 Å². The first-order valence-electron chi connectivity index (χ1n) is 5.91. The molecular weight excluding hydrogens is 317 g/mol. The molecule has 2 aromatic rings. The molecule has 104 valence electrons. The summed E-state index contributed by atoms with van der Waals surface area (Å²) >= 11 is 16.7. The average molecular weight is 329 g/mol. The standard InChI is InChI=1S/C15H12Cl3NO/c1-2-13(19-14(20)15(16,17)18)12-9-5-7-10-6-3-4-8-11(10)12/h2-9,13H,1H2,(H,19,20). The number of fused-ring (bicyclic) bond motifs is 1. The van der Waals surface area contributed by atoms with Crippen LogP contribution in [0.25, 0.3) is 10.8 Å². The fourth-order valence-electron chi connectivity index (χ4n) is 2.01. The molecule has 0 aliphatic carbocycles. The largest absolute Gasteiger partial charge is 0.342 e. The topological polar surface area (TPSA) is 29.1 Å². The van der Waals surface area contributed by atoms with E-state index >= 15 is 0 Å². The Kier molecular flexibility index (Phi) is 4.59. The number of benzene rings is 2. The molecule has 0 saturated carbocycles. The van der Waals surface area contributed by atoms with Crippen molar-refractivity contribution in [2.24, 2.45) is 0 Å². The maximum Gasteiger partial charge on any atom is 0.272 e. The molecule has 1 unspecified atom stereocenters. The van der Waals surface area contributed by atoms with Crippen molar-refractivity contribution in [3.8, 4) is 0 Å². The van der Waals surface area contributed by atoms with Gasteiger partial charge in [-0.1, -0.05) is 83.3 Å². The lowest BCUT2D eigenvalue weighted by Gasteiger charge is -2.20. The number of hydrogen-bond acceptors (Lipinski definition) is 1. The number of alkyl halides is 3. The summed E-state index contributed by atoms with van der Waals surface area (Å²) in [6, 6.07) is 13.2. The van der Waals surface area contributed by atoms with Crippen LogP contribution in [0.4, 0.5) is 0 Å². The number of carbonyl (C=O) groups excluding carboxylic acids is 1. The van der Waals surface area contributed by atoms with Gasteiger partial charge < -0.3 is 5.32 Å². The minimum absolute atomic E-state index is 0.427. The molecule has 2 aromatic carbocycles. The Morgan fingerprint density at radius 3 is 2.45 bits per heavy atom. The zero-order valence-corrected chi connectivity index (χ0v) is 12.7. The van der Waals surface area contributed by atoms with Crippen molar-refractivity contribution in [2.75, 3.05) is 0 Å². The Bertz CT molecular complexity index is 644. The summed E-state index contributed by atoms with van der Waals surface area (Å²) in [5, 5.41) is 4.75. The van der Waals surface area contributed by atoms with Gasteiger partial charge in [0.2, 0.25) is 0 Å². The minimum atomic E-state index is -1.99. The summed E-state index contributed by atoms with van der Waals surface area (Å²) in [6.45, 7) is 3.74. The highest BCUT2D eigenvalue weighted by atomic mass is 35.6. The third-order valence-electron chi connectivity index (χ3n) is 2.94. The van der Waals surface area contributed by atoms with Crippen molar-refractivity contribution in [1.29, 1.82) is 0 Å². The molecule has 1 amide bonds. The molecule has 1 atom stereocenters. The van der Waals surface area contributed by atoms with Gasteiger partial charge in [0.25, 0.3) is 9.70 Å². The Morgan fingerprint density at radius 2 is 1.80 bits per heavy atom. The average Bonchev–Trinajstić information content (AvgIpc) is 2.43. The normalized spacial score (nSPS) is 12.9. The molecule has 5 heteroatoms. The Morgan fingerprint density at radius 1 is 1.15 bits per heavy atom. The van der Waals surface area contributed by atoms with Crippen molar-refractivity contribution in [1.82, 2.24) is 5.32 Å². The zero-order chi connectivity index (χ0) is 14.8. The maximum absolute atomic E-state index is 11.8. The van der Waals surface area contributed by atoms with Crippen LogP contribution in [0.15, 0.2) is 55.1 Å². The summed E-state index contributed by atoms with van der Waals surface area (Å²) in [5.41, 5.74) is 0.903. The molecule has 0 radical (unpaired) electrons. The van der Waals surface area contributed by atoms with E-state index in [0.717, 1.165) is 16.3 Å². The molecule has 0 aliphatic heterocycles. The van der Waals surface area contributed by atoms with Gasteiger partial charge in [0.15, 0.2) is 0 Å². The highest BCUT2D eigenvalue weighted by molar-refractivity contribution is 6.76. The van der Waals surface area contributed by atoms with Gasteiger partial charge in [-0.3, -0.25) is 4.79 Å². The quantitative estimate of drug-likeness (QED) is 0.650. The van der Waals surface area contributed by atoms with Gasteiger partial charge in [0, 0.05) is 0 Å². The Labute approximate surface area is 132 Å². The van der Waals surface area contributed by atoms with Crippen LogP contribution < -0.4 is 5.32 Å². The van der Waals surface area contributed by atoms with Crippen LogP contribution in [0.2, 0.25) is 0 Å². The monoisotopic (exact) mass is 327 g/mol. The summed E-state index contributed by atoms with van der Waals surface area (Å²) in [7, 11) is 0. The molecular formula is C15H12Cl3NO. The van der Waals surface area contributed by atoms with Crippen LogP contribution >= 0.6 is 34.8 Å². The highest BCUT2D eigenvalue weighted by Gasteiger charge is 2.32. The molecule has 0 saturated heterocycles. The molecule has 0 aliphatic rings. The Hall–Kier alpha value is -1.22. The second kappa shape index (κ2) is 6.04. The van der Waals surface area contributed by atoms with E-state index in [4.69, 9.17) is 34.8 Å². The molecule has 0 bridgehead atoms. The van der Waals surface area contributed by atoms with Gasteiger partial charge in [-0.2, -0.15) is 0 Å². The number of hydrogen-bond donors (Lipinski definition) is 1. The van der Waals surface area contributed by atoms with E-state index in [0.29, 0.717) is 0 Å². The van der Waals surface area contributed by atoms with E-state index in [2.05, 4.69) is 11.9 Å². The number of halogens is 3. The second-order valence-corrected chi connectivity index (χ2v) is 6.53. The number of nitrogens with one attached hydrogen (secondary N) is 1. The predicted molar refractivity (Wildman–Crippen MR) is 85.3 cm³/mol. The first kappa shape index (κ1) is 15.2. The first-order chi connectivity index (χ1) is 9.43. The molecule has 1 N–H and O–H groups in total. The van der Waals surface area contributed by atoms with Gasteiger partial charge in [0.1, 0.15) is 0 Å². The molecule has 0 fully saturated rings. The van der Waals surface area contributed by atoms with Gasteiger partial charge >= 0.3 is 0 Å². The summed E-state index contributed by atoms with van der Waals surface area (Å²) in [5.74, 6) is -0.680. The smallest absolute Gasteiger partial charge is 0.272 e. The number of carbonyl (C=O) groups is 1. The third-order valence-corrected chi connectivity index (χ3v) is 3.45. The van der Waals surface area contributed by atoms with Crippen molar-refractivity contribution in [3.63, 3.8) is 0 Å². The number of amides is 1. The molecule has 0 aromatic heterocycles. The minimum Gasteiger partial charge on any atom is -0.342 e. The van der Waals surface area contributed by atoms with Crippen LogP contribution in [0, 0.1) is 0 Å². The molecule has 0 heterocycles. The van der Waals surface area contributed by atoms with Crippen LogP contribution in [-0.2, 0) is 4.79 Å². The van der Waals surface area contributed by atoms with Crippen LogP contribution in [-0.4, -0.2) is 9.70 Å². The lowest BCUT2D eigenvalue weighted by atomic mass is 9.99. The number of rotatable bonds is 3. The van der Waals surface area contributed by atoms with Crippen molar-refractivity contribution >= 4 is 51.5 Å². The third kappa shape index (κ3) is 3.26. The van der Waals surface area contributed by atoms with Crippen molar-refractivity contribution in [3.05, 3.63) is 60.7 Å². The van der Waals surface area contributed by atoms with E-state index in [1.165, 1.54) is 0 Å². The summed E-state index contributed by atoms with van der Waals surface area (Å²) in [6.07, 6.45) is 1.61. The van der Waals surface area contributed by atoms with Gasteiger partial charge in [-0.05, 0) is 16.3 Å². The summed E-state index contributed by atoms with van der Waals surface area (Å²) in [4.78, 5) is 11.8. The summed E-state index contributed by atoms with van der Waals surface area (Å²) < 4.78 is -1.99. The predicted octanol–water partition coefficient (Wildman–Crippen LogP) is 4.55. The van der Waals surface area contributed by atoms with E-state index in [9.17, 15) is 4.79 Å². The maximum atomic E-state index is 11.8. The first-order valence-corrected chi connectivity index (χ1v) is 7.05. The molecule has 2 rings (SSSR count). The fraction of sp³-hybridized carbons (Fsp3) is 0.133. The van der Waals surface area contributed by atoms with E-state index < -0.39 is 15.7 Å². The Balaban J connectivity index is 2.40. The SMILES string of the molecule is C=CC(NC(=O)C(Cl)(Cl)Cl)c1cccc2ccccc12. The van der Waals surface area contributed by atoms with Crippen molar-refractivity contribution < 1.29 is 4.79 Å². The molecule has 0 spiro atoms. The zero-order valence-electron chi connectivity index (χ0n) is 10.4. The van der Waals surface area contributed by atoms with Gasteiger partial charge in [0.05, 0.1) is 6.04 Å². The van der Waals surface area contributed by atoms with E-state index in [1.54, 1.807) is 6.08 Å². The second-order valence-electron chi connectivity index (χ2n) is 4.25. The fourth-order valence-corrected chi connectivity index (χ4v) is 2.17. The molecule has 2 nitrogen and oxygen atoms in total. The van der Waals surface area contributed by atoms with Crippen LogP contribution in [0.3, 0.4) is 0 Å². The van der Waals surface area contributed by atoms with Crippen LogP contribution in [0.1, 0.15) is 11.6 Å².